The zero-order chi connectivity index (χ0) is 22.1. The van der Waals surface area contributed by atoms with Gasteiger partial charge in [-0.05, 0) is 6.92 Å². The van der Waals surface area contributed by atoms with Crippen molar-refractivity contribution < 1.29 is 19.5 Å². The third kappa shape index (κ3) is 13.9. The number of carboxylic acid groups (broad SMARTS) is 1. The molecule has 0 aliphatic heterocycles. The molecule has 164 valence electrons. The molecule has 0 aliphatic carbocycles. The normalized spacial score (nSPS) is 15.4. The Morgan fingerprint density at radius 1 is 0.893 bits per heavy atom. The molecule has 0 aromatic heterocycles. The van der Waals surface area contributed by atoms with E-state index in [2.05, 4.69) is 31.4 Å². The van der Waals surface area contributed by atoms with E-state index in [1.165, 1.54) is 28.5 Å². The van der Waals surface area contributed by atoms with E-state index in [0.717, 1.165) is 0 Å². The molecule has 0 saturated carbocycles. The highest BCUT2D eigenvalue weighted by Gasteiger charge is 2.26. The van der Waals surface area contributed by atoms with E-state index in [0.29, 0.717) is 5.75 Å². The summed E-state index contributed by atoms with van der Waals surface area (Å²) >= 11 is 0. The van der Waals surface area contributed by atoms with Crippen LogP contribution in [0, 0.1) is 0 Å². The Bertz CT molecular complexity index is 535. The molecule has 3 atom stereocenters. The lowest BCUT2D eigenvalue weighted by Gasteiger charge is -2.22. The summed E-state index contributed by atoms with van der Waals surface area (Å²) in [7, 11) is 6.08. The Labute approximate surface area is 184 Å². The number of hydrogen-bond acceptors (Lipinski definition) is 8. The van der Waals surface area contributed by atoms with Gasteiger partial charge in [0.25, 0.3) is 0 Å². The Morgan fingerprint density at radius 3 is 1.79 bits per heavy atom. The van der Waals surface area contributed by atoms with Crippen LogP contribution in [0.3, 0.4) is 0 Å². The minimum Gasteiger partial charge on any atom is -0.480 e. The van der Waals surface area contributed by atoms with E-state index >= 15 is 0 Å². The van der Waals surface area contributed by atoms with E-state index in [-0.39, 0.29) is 15.2 Å². The van der Waals surface area contributed by atoms with Crippen LogP contribution in [0.25, 0.3) is 0 Å². The number of hydrogen-bond donors (Lipinski definition) is 4. The number of carbonyl (C=O) groups is 3. The van der Waals surface area contributed by atoms with Crippen molar-refractivity contribution >= 4 is 61.0 Å². The van der Waals surface area contributed by atoms with Crippen LogP contribution >= 0.6 is 43.2 Å². The molecule has 5 N–H and O–H groups in total. The maximum absolute atomic E-state index is 12.3. The van der Waals surface area contributed by atoms with Crippen molar-refractivity contribution in [1.29, 1.82) is 0 Å². The van der Waals surface area contributed by atoms with E-state index in [4.69, 9.17) is 5.73 Å². The van der Waals surface area contributed by atoms with Crippen LogP contribution in [0.4, 0.5) is 0 Å². The van der Waals surface area contributed by atoms with Crippen molar-refractivity contribution in [1.82, 2.24) is 10.6 Å². The highest BCUT2D eigenvalue weighted by Crippen LogP contribution is 2.35. The summed E-state index contributed by atoms with van der Waals surface area (Å²) in [5.41, 5.74) is 5.87. The van der Waals surface area contributed by atoms with Gasteiger partial charge in [0, 0.05) is 21.0 Å². The first-order chi connectivity index (χ1) is 12.6. The van der Waals surface area contributed by atoms with Gasteiger partial charge in [0.05, 0.1) is 6.04 Å². The topological polar surface area (TPSA) is 122 Å². The molecule has 0 aliphatic rings. The van der Waals surface area contributed by atoms with Crippen molar-refractivity contribution in [3.63, 3.8) is 0 Å². The zero-order valence-corrected chi connectivity index (χ0v) is 20.8. The van der Waals surface area contributed by atoms with E-state index in [1.807, 2.05) is 20.8 Å². The van der Waals surface area contributed by atoms with Crippen molar-refractivity contribution in [3.8, 4) is 0 Å². The third-order valence-electron chi connectivity index (χ3n) is 2.80. The molecule has 0 rings (SSSR count). The molecule has 0 saturated heterocycles. The van der Waals surface area contributed by atoms with Gasteiger partial charge in [-0.15, -0.1) is 0 Å². The van der Waals surface area contributed by atoms with Crippen molar-refractivity contribution in [2.75, 3.05) is 11.5 Å². The van der Waals surface area contributed by atoms with E-state index in [1.54, 1.807) is 21.6 Å². The van der Waals surface area contributed by atoms with Crippen LogP contribution < -0.4 is 16.4 Å². The first-order valence-electron chi connectivity index (χ1n) is 8.83. The second-order valence-electron chi connectivity index (χ2n) is 8.20. The van der Waals surface area contributed by atoms with Crippen molar-refractivity contribution in [3.05, 3.63) is 0 Å². The lowest BCUT2D eigenvalue weighted by atomic mass is 10.2. The van der Waals surface area contributed by atoms with Gasteiger partial charge < -0.3 is 21.5 Å². The van der Waals surface area contributed by atoms with Gasteiger partial charge in [0.15, 0.2) is 0 Å². The van der Waals surface area contributed by atoms with Gasteiger partial charge in [-0.1, -0.05) is 84.7 Å². The first kappa shape index (κ1) is 27.8. The molecule has 0 spiro atoms. The summed E-state index contributed by atoms with van der Waals surface area (Å²) in [6.45, 7) is 13.8. The predicted molar refractivity (Wildman–Crippen MR) is 125 cm³/mol. The second kappa shape index (κ2) is 12.5. The van der Waals surface area contributed by atoms with Crippen LogP contribution in [-0.4, -0.2) is 62.0 Å². The summed E-state index contributed by atoms with van der Waals surface area (Å²) in [5, 5.41) is 14.3. The maximum Gasteiger partial charge on any atom is 0.327 e. The number of nitrogens with one attached hydrogen (secondary N) is 2. The quantitative estimate of drug-likeness (QED) is 0.337. The van der Waals surface area contributed by atoms with Crippen LogP contribution in [-0.2, 0) is 14.4 Å². The number of aliphatic carboxylic acids is 1. The monoisotopic (exact) mass is 471 g/mol. The smallest absolute Gasteiger partial charge is 0.327 e. The first-order valence-corrected chi connectivity index (χ1v) is 13.5. The molecule has 11 heteroatoms. The molecule has 0 radical (unpaired) electrons. The Balaban J connectivity index is 4.49. The van der Waals surface area contributed by atoms with E-state index in [9.17, 15) is 19.5 Å². The fourth-order valence-corrected chi connectivity index (χ4v) is 6.38. The largest absolute Gasteiger partial charge is 0.480 e. The third-order valence-corrected chi connectivity index (χ3v) is 9.53. The summed E-state index contributed by atoms with van der Waals surface area (Å²) in [6.07, 6.45) is 0. The fourth-order valence-electron chi connectivity index (χ4n) is 1.50. The molecule has 28 heavy (non-hydrogen) atoms. The molecule has 2 amide bonds. The number of carbonyl (C=O) groups excluding carboxylic acids is 2. The van der Waals surface area contributed by atoms with Gasteiger partial charge in [-0.25, -0.2) is 4.79 Å². The zero-order valence-electron chi connectivity index (χ0n) is 17.5. The number of rotatable bonds is 11. The van der Waals surface area contributed by atoms with Crippen LogP contribution in [0.5, 0.6) is 0 Å². The molecule has 0 aromatic rings. The Kier molecular flexibility index (Phi) is 12.4. The molecule has 0 unspecified atom stereocenters. The summed E-state index contributed by atoms with van der Waals surface area (Å²) in [6, 6.07) is -2.65. The molecule has 0 fully saturated rings. The van der Waals surface area contributed by atoms with Crippen molar-refractivity contribution in [2.24, 2.45) is 5.73 Å². The molecular weight excluding hydrogens is 438 g/mol. The lowest BCUT2D eigenvalue weighted by molar-refractivity contribution is -0.141. The minimum atomic E-state index is -1.11. The Hall–Kier alpha value is -0.230. The SMILES string of the molecule is C[C@H](NC(=O)[C@@H](N)CSSC(C)(C)C)C(=O)N[C@@H](CSSC(C)(C)C)C(=O)O. The van der Waals surface area contributed by atoms with Gasteiger partial charge in [0.2, 0.25) is 11.8 Å². The van der Waals surface area contributed by atoms with Crippen LogP contribution in [0.2, 0.25) is 0 Å². The molecule has 0 aromatic carbocycles. The summed E-state index contributed by atoms with van der Waals surface area (Å²) in [5.74, 6) is -1.45. The molecule has 0 bridgehead atoms. The minimum absolute atomic E-state index is 0.0155. The highest BCUT2D eigenvalue weighted by molar-refractivity contribution is 8.77. The molecule has 0 heterocycles. The predicted octanol–water partition coefficient (Wildman–Crippen LogP) is 2.75. The number of carboxylic acids is 1. The van der Waals surface area contributed by atoms with Crippen LogP contribution in [0.1, 0.15) is 48.5 Å². The number of amides is 2. The summed E-state index contributed by atoms with van der Waals surface area (Å²) in [4.78, 5) is 35.8. The fraction of sp³-hybridized carbons (Fsp3) is 0.824. The second-order valence-corrected chi connectivity index (χ2v) is 14.5. The summed E-state index contributed by atoms with van der Waals surface area (Å²) < 4.78 is 0.0432. The maximum atomic E-state index is 12.3. The average Bonchev–Trinajstić information content (AvgIpc) is 2.50. The standard InChI is InChI=1S/C17H33N3O4S4/c1-10(19-14(22)11(18)8-25-27-16(2,3)4)13(21)20-12(15(23)24)9-26-28-17(5,6)7/h10-12H,8-9,18H2,1-7H3,(H,19,22)(H,20,21)(H,23,24)/t10-,11-,12-/m0/s1. The van der Waals surface area contributed by atoms with Crippen molar-refractivity contribution in [2.45, 2.75) is 76.1 Å². The number of nitrogens with two attached hydrogens (primary N) is 1. The Morgan fingerprint density at radius 2 is 1.36 bits per heavy atom. The van der Waals surface area contributed by atoms with E-state index < -0.39 is 35.9 Å². The molecule has 7 nitrogen and oxygen atoms in total. The van der Waals surface area contributed by atoms with Gasteiger partial charge in [-0.2, -0.15) is 0 Å². The average molecular weight is 472 g/mol. The van der Waals surface area contributed by atoms with Gasteiger partial charge >= 0.3 is 5.97 Å². The van der Waals surface area contributed by atoms with Gasteiger partial charge in [0.1, 0.15) is 12.1 Å². The molecular formula is C17H33N3O4S4. The van der Waals surface area contributed by atoms with Gasteiger partial charge in [-0.3, -0.25) is 9.59 Å². The van der Waals surface area contributed by atoms with Crippen LogP contribution in [0.15, 0.2) is 0 Å². The lowest BCUT2D eigenvalue weighted by Crippen LogP contribution is -2.54. The highest BCUT2D eigenvalue weighted by atomic mass is 33.1.